The van der Waals surface area contributed by atoms with Crippen molar-refractivity contribution in [2.45, 2.75) is 39.9 Å². The summed E-state index contributed by atoms with van der Waals surface area (Å²) in [4.78, 5) is 10.8. The Hall–Kier alpha value is -0.830. The summed E-state index contributed by atoms with van der Waals surface area (Å²) in [5.74, 6) is -0.347. The summed E-state index contributed by atoms with van der Waals surface area (Å²) in [5, 5.41) is 9.70. The SMILES string of the molecule is CC(=O)O[C@H]1[C@@H](O)C(C)=CC1(C)C. The molecular weight excluding hydrogens is 168 g/mol. The molecule has 0 unspecified atom stereocenters. The summed E-state index contributed by atoms with van der Waals surface area (Å²) in [5.41, 5.74) is 0.603. The van der Waals surface area contributed by atoms with Crippen LogP contribution < -0.4 is 0 Å². The van der Waals surface area contributed by atoms with Crippen LogP contribution in [0.2, 0.25) is 0 Å². The van der Waals surface area contributed by atoms with Gasteiger partial charge in [-0.05, 0) is 12.5 Å². The first-order valence-electron chi connectivity index (χ1n) is 4.39. The van der Waals surface area contributed by atoms with Crippen LogP contribution >= 0.6 is 0 Å². The molecule has 0 spiro atoms. The maximum Gasteiger partial charge on any atom is 0.303 e. The third kappa shape index (κ3) is 1.91. The highest BCUT2D eigenvalue weighted by Gasteiger charge is 2.42. The van der Waals surface area contributed by atoms with Crippen LogP contribution in [0.15, 0.2) is 11.6 Å². The normalized spacial score (nSPS) is 31.3. The summed E-state index contributed by atoms with van der Waals surface area (Å²) in [6.45, 7) is 7.09. The van der Waals surface area contributed by atoms with Gasteiger partial charge in [-0.25, -0.2) is 0 Å². The highest BCUT2D eigenvalue weighted by Crippen LogP contribution is 2.37. The van der Waals surface area contributed by atoms with E-state index in [4.69, 9.17) is 4.74 Å². The summed E-state index contributed by atoms with van der Waals surface area (Å²) in [6.07, 6.45) is 0.856. The Labute approximate surface area is 78.4 Å². The molecular formula is C10H16O3. The number of esters is 1. The average Bonchev–Trinajstić information content (AvgIpc) is 2.12. The van der Waals surface area contributed by atoms with Crippen LogP contribution in [0.4, 0.5) is 0 Å². The van der Waals surface area contributed by atoms with Crippen molar-refractivity contribution in [3.63, 3.8) is 0 Å². The number of carbonyl (C=O) groups is 1. The Morgan fingerprint density at radius 1 is 1.62 bits per heavy atom. The van der Waals surface area contributed by atoms with E-state index in [1.807, 2.05) is 26.8 Å². The highest BCUT2D eigenvalue weighted by molar-refractivity contribution is 5.66. The van der Waals surface area contributed by atoms with E-state index in [0.29, 0.717) is 0 Å². The lowest BCUT2D eigenvalue weighted by Gasteiger charge is -2.27. The van der Waals surface area contributed by atoms with Gasteiger partial charge in [0.2, 0.25) is 0 Å². The van der Waals surface area contributed by atoms with Gasteiger partial charge in [-0.15, -0.1) is 0 Å². The number of hydrogen-bond donors (Lipinski definition) is 1. The smallest absolute Gasteiger partial charge is 0.303 e. The lowest BCUT2D eigenvalue weighted by Crippen LogP contribution is -2.37. The molecule has 1 aliphatic rings. The standard InChI is InChI=1S/C10H16O3/c1-6-5-10(3,4)9(8(6)12)13-7(2)11/h5,8-9,12H,1-4H3/t8-,9-/m0/s1. The van der Waals surface area contributed by atoms with Crippen molar-refractivity contribution in [1.29, 1.82) is 0 Å². The van der Waals surface area contributed by atoms with Gasteiger partial charge in [0.05, 0.1) is 0 Å². The van der Waals surface area contributed by atoms with Crippen LogP contribution in [0.1, 0.15) is 27.7 Å². The van der Waals surface area contributed by atoms with Gasteiger partial charge in [0.1, 0.15) is 12.2 Å². The molecule has 3 nitrogen and oxygen atoms in total. The molecule has 0 saturated carbocycles. The molecule has 0 aromatic rings. The summed E-state index contributed by atoms with van der Waals surface area (Å²) in [6, 6.07) is 0. The van der Waals surface area contributed by atoms with Crippen LogP contribution in [0.25, 0.3) is 0 Å². The van der Waals surface area contributed by atoms with Crippen LogP contribution in [0.5, 0.6) is 0 Å². The largest absolute Gasteiger partial charge is 0.459 e. The lowest BCUT2D eigenvalue weighted by atomic mass is 9.89. The summed E-state index contributed by atoms with van der Waals surface area (Å²) >= 11 is 0. The van der Waals surface area contributed by atoms with Crippen LogP contribution in [-0.4, -0.2) is 23.3 Å². The molecule has 2 atom stereocenters. The first-order chi connectivity index (χ1) is 5.84. The molecule has 74 valence electrons. The summed E-state index contributed by atoms with van der Waals surface area (Å²) < 4.78 is 5.07. The molecule has 0 saturated heterocycles. The van der Waals surface area contributed by atoms with Crippen molar-refractivity contribution in [2.24, 2.45) is 5.41 Å². The van der Waals surface area contributed by atoms with Gasteiger partial charge >= 0.3 is 5.97 Å². The zero-order valence-electron chi connectivity index (χ0n) is 8.50. The third-order valence-electron chi connectivity index (χ3n) is 2.38. The van der Waals surface area contributed by atoms with Gasteiger partial charge in [0.25, 0.3) is 0 Å². The quantitative estimate of drug-likeness (QED) is 0.493. The van der Waals surface area contributed by atoms with Gasteiger partial charge in [-0.3, -0.25) is 4.79 Å². The fourth-order valence-corrected chi connectivity index (χ4v) is 1.80. The molecule has 1 rings (SSSR count). The molecule has 0 aromatic heterocycles. The number of hydrogen-bond acceptors (Lipinski definition) is 3. The van der Waals surface area contributed by atoms with Crippen molar-refractivity contribution in [3.8, 4) is 0 Å². The van der Waals surface area contributed by atoms with E-state index in [-0.39, 0.29) is 11.4 Å². The van der Waals surface area contributed by atoms with Crippen LogP contribution in [0, 0.1) is 5.41 Å². The zero-order chi connectivity index (χ0) is 10.2. The molecule has 3 heteroatoms. The van der Waals surface area contributed by atoms with E-state index in [9.17, 15) is 9.90 Å². The van der Waals surface area contributed by atoms with Crippen molar-refractivity contribution in [1.82, 2.24) is 0 Å². The first kappa shape index (κ1) is 10.3. The molecule has 0 heterocycles. The monoisotopic (exact) mass is 184 g/mol. The van der Waals surface area contributed by atoms with Crippen molar-refractivity contribution in [3.05, 3.63) is 11.6 Å². The third-order valence-corrected chi connectivity index (χ3v) is 2.38. The molecule has 0 amide bonds. The number of aliphatic hydroxyl groups excluding tert-OH is 1. The Morgan fingerprint density at radius 3 is 2.46 bits per heavy atom. The maximum atomic E-state index is 10.8. The molecule has 0 aliphatic heterocycles. The van der Waals surface area contributed by atoms with Crippen LogP contribution in [-0.2, 0) is 9.53 Å². The van der Waals surface area contributed by atoms with E-state index in [0.717, 1.165) is 5.57 Å². The minimum absolute atomic E-state index is 0.269. The Morgan fingerprint density at radius 2 is 2.15 bits per heavy atom. The predicted octanol–water partition coefficient (Wildman–Crippen LogP) is 1.27. The van der Waals surface area contributed by atoms with E-state index in [1.165, 1.54) is 6.92 Å². The Kier molecular flexibility index (Phi) is 2.48. The van der Waals surface area contributed by atoms with Gasteiger partial charge in [0.15, 0.2) is 0 Å². The lowest BCUT2D eigenvalue weighted by molar-refractivity contribution is -0.155. The first-order valence-corrected chi connectivity index (χ1v) is 4.39. The second kappa shape index (κ2) is 3.14. The summed E-state index contributed by atoms with van der Waals surface area (Å²) in [7, 11) is 0. The average molecular weight is 184 g/mol. The molecule has 1 aliphatic carbocycles. The van der Waals surface area contributed by atoms with Gasteiger partial charge in [-0.1, -0.05) is 19.9 Å². The van der Waals surface area contributed by atoms with Crippen molar-refractivity contribution >= 4 is 5.97 Å². The number of ether oxygens (including phenoxy) is 1. The molecule has 0 radical (unpaired) electrons. The second-order valence-electron chi connectivity index (χ2n) is 4.18. The molecule has 0 fully saturated rings. The number of carbonyl (C=O) groups excluding carboxylic acids is 1. The van der Waals surface area contributed by atoms with Gasteiger partial charge < -0.3 is 9.84 Å². The molecule has 0 aromatic carbocycles. The van der Waals surface area contributed by atoms with E-state index < -0.39 is 12.2 Å². The molecule has 0 bridgehead atoms. The fourth-order valence-electron chi connectivity index (χ4n) is 1.80. The topological polar surface area (TPSA) is 46.5 Å². The van der Waals surface area contributed by atoms with Crippen molar-refractivity contribution < 1.29 is 14.6 Å². The fraction of sp³-hybridized carbons (Fsp3) is 0.700. The molecule has 1 N–H and O–H groups in total. The Balaban J connectivity index is 2.81. The van der Waals surface area contributed by atoms with Crippen molar-refractivity contribution in [2.75, 3.05) is 0 Å². The number of rotatable bonds is 1. The number of aliphatic hydroxyl groups is 1. The maximum absolute atomic E-state index is 10.8. The van der Waals surface area contributed by atoms with Gasteiger partial charge in [-0.2, -0.15) is 0 Å². The van der Waals surface area contributed by atoms with E-state index in [1.54, 1.807) is 0 Å². The Bertz CT molecular complexity index is 253. The van der Waals surface area contributed by atoms with E-state index in [2.05, 4.69) is 0 Å². The van der Waals surface area contributed by atoms with Gasteiger partial charge in [0, 0.05) is 12.3 Å². The van der Waals surface area contributed by atoms with E-state index >= 15 is 0 Å². The predicted molar refractivity (Wildman–Crippen MR) is 49.1 cm³/mol. The van der Waals surface area contributed by atoms with Crippen LogP contribution in [0.3, 0.4) is 0 Å². The minimum atomic E-state index is -0.654. The minimum Gasteiger partial charge on any atom is -0.459 e. The highest BCUT2D eigenvalue weighted by atomic mass is 16.6. The zero-order valence-corrected chi connectivity index (χ0v) is 8.50. The second-order valence-corrected chi connectivity index (χ2v) is 4.18. The molecule has 13 heavy (non-hydrogen) atoms.